The van der Waals surface area contributed by atoms with E-state index >= 15 is 0 Å². The summed E-state index contributed by atoms with van der Waals surface area (Å²) in [6.45, 7) is 7.12. The van der Waals surface area contributed by atoms with Gasteiger partial charge in [-0.1, -0.05) is 48.5 Å². The lowest BCUT2D eigenvalue weighted by atomic mass is 10.1. The molecule has 2 rings (SSSR count). The van der Waals surface area contributed by atoms with Gasteiger partial charge < -0.3 is 5.32 Å². The molecule has 0 fully saturated rings. The first-order chi connectivity index (χ1) is 13.3. The number of amides is 3. The van der Waals surface area contributed by atoms with Crippen molar-refractivity contribution >= 4 is 50.5 Å². The number of benzene rings is 1. The van der Waals surface area contributed by atoms with Crippen molar-refractivity contribution in [2.45, 2.75) is 45.3 Å². The number of hydrogen-bond donors (Lipinski definition) is 2. The first-order valence-corrected chi connectivity index (χ1v) is 11.0. The molecule has 152 valence electrons. The van der Waals surface area contributed by atoms with E-state index in [0.29, 0.717) is 35.1 Å². The molecule has 1 aromatic carbocycles. The highest BCUT2D eigenvalue weighted by atomic mass is 79.9. The molecule has 0 aliphatic carbocycles. The molecule has 0 spiro atoms. The highest BCUT2D eigenvalue weighted by Gasteiger charge is 2.14. The van der Waals surface area contributed by atoms with Crippen LogP contribution in [0.15, 0.2) is 32.6 Å². The third kappa shape index (κ3) is 6.34. The number of aromatic nitrogens is 2. The van der Waals surface area contributed by atoms with Gasteiger partial charge >= 0.3 is 6.03 Å². The molecule has 1 heterocycles. The van der Waals surface area contributed by atoms with Crippen molar-refractivity contribution in [3.63, 3.8) is 0 Å². The molecule has 0 aliphatic rings. The molecule has 2 aromatic rings. The quantitative estimate of drug-likeness (QED) is 0.456. The SMILES string of the molecule is CCCn1c(SCC(=O)NC(=O)NCCC(C)C)nc2ccc(Br)cc2c1=O. The summed E-state index contributed by atoms with van der Waals surface area (Å²) in [7, 11) is 0. The Morgan fingerprint density at radius 1 is 1.32 bits per heavy atom. The zero-order valence-corrected chi connectivity index (χ0v) is 18.7. The monoisotopic (exact) mass is 468 g/mol. The van der Waals surface area contributed by atoms with E-state index in [1.807, 2.05) is 13.0 Å². The number of carbonyl (C=O) groups is 2. The van der Waals surface area contributed by atoms with Crippen LogP contribution < -0.4 is 16.2 Å². The Kier molecular flexibility index (Phi) is 8.50. The summed E-state index contributed by atoms with van der Waals surface area (Å²) < 4.78 is 2.39. The van der Waals surface area contributed by atoms with E-state index < -0.39 is 11.9 Å². The van der Waals surface area contributed by atoms with Gasteiger partial charge in [0.1, 0.15) is 0 Å². The predicted octanol–water partition coefficient (Wildman–Crippen LogP) is 3.53. The van der Waals surface area contributed by atoms with Gasteiger partial charge in [-0.2, -0.15) is 0 Å². The molecule has 9 heteroatoms. The smallest absolute Gasteiger partial charge is 0.321 e. The van der Waals surface area contributed by atoms with Crippen LogP contribution in [0.5, 0.6) is 0 Å². The van der Waals surface area contributed by atoms with Gasteiger partial charge in [0.05, 0.1) is 16.7 Å². The first-order valence-electron chi connectivity index (χ1n) is 9.22. The Morgan fingerprint density at radius 2 is 2.07 bits per heavy atom. The molecule has 0 saturated carbocycles. The molecule has 2 N–H and O–H groups in total. The van der Waals surface area contributed by atoms with E-state index in [4.69, 9.17) is 0 Å². The standard InChI is InChI=1S/C19H25BrN4O3S/c1-4-9-24-17(26)14-10-13(20)5-6-15(14)22-19(24)28-11-16(25)23-18(27)21-8-7-12(2)3/h5-6,10,12H,4,7-9,11H2,1-3H3,(H2,21,23,25,27). The number of hydrogen-bond acceptors (Lipinski definition) is 5. The molecule has 28 heavy (non-hydrogen) atoms. The molecule has 0 unspecified atom stereocenters. The Labute approximate surface area is 176 Å². The number of urea groups is 1. The van der Waals surface area contributed by atoms with Gasteiger partial charge in [0.15, 0.2) is 5.16 Å². The van der Waals surface area contributed by atoms with Crippen molar-refractivity contribution in [2.75, 3.05) is 12.3 Å². The van der Waals surface area contributed by atoms with Crippen molar-refractivity contribution in [3.05, 3.63) is 33.0 Å². The van der Waals surface area contributed by atoms with E-state index in [-0.39, 0.29) is 11.3 Å². The third-order valence-corrected chi connectivity index (χ3v) is 5.39. The van der Waals surface area contributed by atoms with Gasteiger partial charge in [-0.05, 0) is 37.0 Å². The second-order valence-corrected chi connectivity index (χ2v) is 8.65. The topological polar surface area (TPSA) is 93.1 Å². The van der Waals surface area contributed by atoms with E-state index in [2.05, 4.69) is 45.4 Å². The Hall–Kier alpha value is -1.87. The van der Waals surface area contributed by atoms with Crippen molar-refractivity contribution in [1.29, 1.82) is 0 Å². The molecular formula is C19H25BrN4O3S. The molecule has 0 aliphatic heterocycles. The van der Waals surface area contributed by atoms with Crippen LogP contribution in [0.2, 0.25) is 0 Å². The fraction of sp³-hybridized carbons (Fsp3) is 0.474. The number of thioether (sulfide) groups is 1. The maximum atomic E-state index is 12.8. The summed E-state index contributed by atoms with van der Waals surface area (Å²) in [6.07, 6.45) is 1.61. The maximum absolute atomic E-state index is 12.8. The summed E-state index contributed by atoms with van der Waals surface area (Å²) >= 11 is 4.52. The van der Waals surface area contributed by atoms with Crippen LogP contribution in [0, 0.1) is 5.92 Å². The van der Waals surface area contributed by atoms with E-state index in [1.165, 1.54) is 0 Å². The molecular weight excluding hydrogens is 444 g/mol. The van der Waals surface area contributed by atoms with Crippen molar-refractivity contribution in [1.82, 2.24) is 20.2 Å². The minimum absolute atomic E-state index is 0.00418. The largest absolute Gasteiger partial charge is 0.338 e. The third-order valence-electron chi connectivity index (χ3n) is 3.92. The lowest BCUT2D eigenvalue weighted by Crippen LogP contribution is -2.41. The minimum atomic E-state index is -0.506. The maximum Gasteiger partial charge on any atom is 0.321 e. The van der Waals surface area contributed by atoms with Gasteiger partial charge in [-0.25, -0.2) is 9.78 Å². The van der Waals surface area contributed by atoms with Crippen molar-refractivity contribution in [2.24, 2.45) is 5.92 Å². The summed E-state index contributed by atoms with van der Waals surface area (Å²) in [6, 6.07) is 4.83. The van der Waals surface area contributed by atoms with Crippen LogP contribution >= 0.6 is 27.7 Å². The molecule has 0 bridgehead atoms. The zero-order chi connectivity index (χ0) is 20.7. The van der Waals surface area contributed by atoms with Gasteiger partial charge in [0.2, 0.25) is 5.91 Å². The van der Waals surface area contributed by atoms with Crippen LogP contribution in [0.25, 0.3) is 10.9 Å². The number of fused-ring (bicyclic) bond motifs is 1. The predicted molar refractivity (Wildman–Crippen MR) is 116 cm³/mol. The Bertz CT molecular complexity index is 914. The van der Waals surface area contributed by atoms with Gasteiger partial charge in [-0.3, -0.25) is 19.5 Å². The average Bonchev–Trinajstić information content (AvgIpc) is 2.63. The van der Waals surface area contributed by atoms with Crippen LogP contribution in [-0.4, -0.2) is 33.8 Å². The van der Waals surface area contributed by atoms with E-state index in [1.54, 1.807) is 16.7 Å². The second-order valence-electron chi connectivity index (χ2n) is 6.79. The molecule has 0 saturated heterocycles. The lowest BCUT2D eigenvalue weighted by Gasteiger charge is -2.12. The van der Waals surface area contributed by atoms with Crippen LogP contribution in [0.3, 0.4) is 0 Å². The van der Waals surface area contributed by atoms with Crippen molar-refractivity contribution < 1.29 is 9.59 Å². The normalized spacial score (nSPS) is 11.0. The second kappa shape index (κ2) is 10.6. The highest BCUT2D eigenvalue weighted by Crippen LogP contribution is 2.20. The molecule has 0 atom stereocenters. The Balaban J connectivity index is 2.07. The number of nitrogens with zero attached hydrogens (tertiary/aromatic N) is 2. The number of carbonyl (C=O) groups excluding carboxylic acids is 2. The molecule has 7 nitrogen and oxygen atoms in total. The molecule has 0 radical (unpaired) electrons. The number of halogens is 1. The fourth-order valence-corrected chi connectivity index (χ4v) is 3.70. The van der Waals surface area contributed by atoms with Crippen LogP contribution in [-0.2, 0) is 11.3 Å². The summed E-state index contributed by atoms with van der Waals surface area (Å²) in [5.74, 6) is 0.0391. The highest BCUT2D eigenvalue weighted by molar-refractivity contribution is 9.10. The van der Waals surface area contributed by atoms with E-state index in [0.717, 1.165) is 29.1 Å². The number of imide groups is 1. The fourth-order valence-electron chi connectivity index (χ4n) is 2.52. The van der Waals surface area contributed by atoms with Gasteiger partial charge in [0.25, 0.3) is 5.56 Å². The van der Waals surface area contributed by atoms with Gasteiger partial charge in [-0.15, -0.1) is 0 Å². The van der Waals surface area contributed by atoms with E-state index in [9.17, 15) is 14.4 Å². The van der Waals surface area contributed by atoms with Crippen molar-refractivity contribution in [3.8, 4) is 0 Å². The van der Waals surface area contributed by atoms with Crippen LogP contribution in [0.4, 0.5) is 4.79 Å². The average molecular weight is 469 g/mol. The Morgan fingerprint density at radius 3 is 2.75 bits per heavy atom. The lowest BCUT2D eigenvalue weighted by molar-refractivity contribution is -0.117. The summed E-state index contributed by atoms with van der Waals surface area (Å²) in [4.78, 5) is 41.2. The van der Waals surface area contributed by atoms with Crippen LogP contribution in [0.1, 0.15) is 33.6 Å². The zero-order valence-electron chi connectivity index (χ0n) is 16.3. The number of nitrogens with one attached hydrogen (secondary N) is 2. The number of rotatable bonds is 8. The summed E-state index contributed by atoms with van der Waals surface area (Å²) in [5, 5.41) is 5.96. The first kappa shape index (κ1) is 22.4. The summed E-state index contributed by atoms with van der Waals surface area (Å²) in [5.41, 5.74) is 0.442. The molecule has 3 amide bonds. The minimum Gasteiger partial charge on any atom is -0.338 e. The molecule has 1 aromatic heterocycles. The van der Waals surface area contributed by atoms with Gasteiger partial charge in [0, 0.05) is 17.6 Å².